The van der Waals surface area contributed by atoms with Gasteiger partial charge >= 0.3 is 0 Å². The second-order valence-electron chi connectivity index (χ2n) is 8.43. The van der Waals surface area contributed by atoms with E-state index in [0.717, 1.165) is 11.1 Å². The molecule has 0 spiro atoms. The van der Waals surface area contributed by atoms with E-state index >= 15 is 0 Å². The van der Waals surface area contributed by atoms with Crippen molar-refractivity contribution in [1.29, 1.82) is 0 Å². The van der Waals surface area contributed by atoms with E-state index in [1.165, 1.54) is 25.5 Å². The van der Waals surface area contributed by atoms with Gasteiger partial charge in [-0.25, -0.2) is 0 Å². The summed E-state index contributed by atoms with van der Waals surface area (Å²) < 4.78 is 22.2. The number of allylic oxidation sites excluding steroid dienone is 3. The van der Waals surface area contributed by atoms with Crippen molar-refractivity contribution in [3.05, 3.63) is 29.7 Å². The van der Waals surface area contributed by atoms with Crippen LogP contribution in [0.4, 0.5) is 0 Å². The zero-order chi connectivity index (χ0) is 24.0. The summed E-state index contributed by atoms with van der Waals surface area (Å²) in [5.74, 6) is -0.118. The van der Waals surface area contributed by atoms with Crippen molar-refractivity contribution in [2.75, 3.05) is 13.2 Å². The fourth-order valence-corrected chi connectivity index (χ4v) is 3.40. The normalized spacial score (nSPS) is 38.4. The van der Waals surface area contributed by atoms with Gasteiger partial charge in [-0.2, -0.15) is 0 Å². The maximum absolute atomic E-state index is 11.8. The highest BCUT2D eigenvalue weighted by Gasteiger charge is 2.46. The molecule has 10 heteroatoms. The first-order chi connectivity index (χ1) is 15.0. The van der Waals surface area contributed by atoms with Gasteiger partial charge in [0.15, 0.2) is 18.4 Å². The number of rotatable bonds is 9. The Balaban J connectivity index is 1.96. The molecule has 2 heterocycles. The highest BCUT2D eigenvalue weighted by atomic mass is 16.7. The van der Waals surface area contributed by atoms with E-state index in [1.807, 2.05) is 13.8 Å². The van der Waals surface area contributed by atoms with Crippen LogP contribution >= 0.6 is 0 Å². The van der Waals surface area contributed by atoms with Crippen molar-refractivity contribution in [1.82, 2.24) is 0 Å². The van der Waals surface area contributed by atoms with Crippen LogP contribution in [0.1, 0.15) is 34.1 Å². The van der Waals surface area contributed by atoms with Crippen LogP contribution in [0.5, 0.6) is 0 Å². The molecule has 0 bridgehead atoms. The van der Waals surface area contributed by atoms with E-state index in [9.17, 15) is 30.3 Å². The minimum Gasteiger partial charge on any atom is -0.394 e. The molecule has 2 rings (SSSR count). The van der Waals surface area contributed by atoms with Crippen LogP contribution in [0.3, 0.4) is 0 Å². The monoisotopic (exact) mass is 459 g/mol. The summed E-state index contributed by atoms with van der Waals surface area (Å²) in [6, 6.07) is 0. The average molecular weight is 460 g/mol. The van der Waals surface area contributed by atoms with Crippen LogP contribution in [0.25, 0.3) is 0 Å². The summed E-state index contributed by atoms with van der Waals surface area (Å²) in [6.45, 7) is 6.72. The minimum atomic E-state index is -1.54. The zero-order valence-electron chi connectivity index (χ0n) is 18.8. The summed E-state index contributed by atoms with van der Waals surface area (Å²) in [7, 11) is 0. The molecular weight excluding hydrogens is 424 g/mol. The third kappa shape index (κ3) is 7.41. The van der Waals surface area contributed by atoms with Crippen LogP contribution in [0.15, 0.2) is 23.3 Å². The molecule has 2 aliphatic rings. The van der Waals surface area contributed by atoms with Gasteiger partial charge in [-0.3, -0.25) is 4.79 Å². The Bertz CT molecular complexity index is 674. The lowest BCUT2D eigenvalue weighted by Gasteiger charge is -2.43. The van der Waals surface area contributed by atoms with Crippen LogP contribution in [0, 0.1) is 6.42 Å². The predicted molar refractivity (Wildman–Crippen MR) is 112 cm³/mol. The molecular formula is C22H35O10. The molecule has 10 nitrogen and oxygen atoms in total. The van der Waals surface area contributed by atoms with Gasteiger partial charge in [0.25, 0.3) is 0 Å². The number of carbonyl (C=O) groups is 1. The Kier molecular flexibility index (Phi) is 10.4. The van der Waals surface area contributed by atoms with Gasteiger partial charge in [0.05, 0.1) is 31.5 Å². The predicted octanol–water partition coefficient (Wildman–Crippen LogP) is -0.630. The summed E-state index contributed by atoms with van der Waals surface area (Å²) in [4.78, 5) is 11.8. The molecule has 0 aromatic carbocycles. The fourth-order valence-electron chi connectivity index (χ4n) is 3.40. The van der Waals surface area contributed by atoms with Gasteiger partial charge in [-0.15, -0.1) is 0 Å². The Morgan fingerprint density at radius 1 is 0.969 bits per heavy atom. The number of hydrogen-bond donors (Lipinski definition) is 5. The van der Waals surface area contributed by atoms with Gasteiger partial charge in [0, 0.05) is 6.42 Å². The topological polar surface area (TPSA) is 155 Å². The molecule has 2 fully saturated rings. The molecule has 2 saturated heterocycles. The molecule has 0 saturated carbocycles. The summed E-state index contributed by atoms with van der Waals surface area (Å²) >= 11 is 0. The van der Waals surface area contributed by atoms with E-state index in [0.29, 0.717) is 6.42 Å². The number of ketones is 1. The molecule has 183 valence electrons. The van der Waals surface area contributed by atoms with E-state index in [4.69, 9.17) is 18.9 Å². The van der Waals surface area contributed by atoms with E-state index in [-0.39, 0.29) is 12.4 Å². The summed E-state index contributed by atoms with van der Waals surface area (Å²) in [5, 5.41) is 50.1. The van der Waals surface area contributed by atoms with Gasteiger partial charge in [0.2, 0.25) is 0 Å². The Hall–Kier alpha value is -1.21. The molecule has 0 amide bonds. The lowest BCUT2D eigenvalue weighted by atomic mass is 9.99. The largest absolute Gasteiger partial charge is 0.394 e. The number of ether oxygens (including phenoxy) is 4. The van der Waals surface area contributed by atoms with Crippen molar-refractivity contribution in [3.8, 4) is 0 Å². The van der Waals surface area contributed by atoms with Crippen molar-refractivity contribution in [3.63, 3.8) is 0 Å². The Morgan fingerprint density at radius 2 is 1.66 bits per heavy atom. The molecule has 32 heavy (non-hydrogen) atoms. The lowest BCUT2D eigenvalue weighted by molar-refractivity contribution is -0.328. The number of aliphatic hydroxyl groups is 5. The summed E-state index contributed by atoms with van der Waals surface area (Å²) in [5.41, 5.74) is 1.69. The molecule has 0 unspecified atom stereocenters. The first kappa shape index (κ1) is 27.0. The first-order valence-electron chi connectivity index (χ1n) is 10.7. The standard InChI is InChI=1S/C22H35O10/c1-11(2)7-14(24)8-12(3)5-6-29-21-18(26)16(9-15(10-23)31-21)32-22-20(28)19(27)17(25)13(4)30-22/h7-9,13,15-23,25-28H,5-6,10H2,1-4H3/b12-8+/t13-,15+,16+,17-,18+,19+,20+,21+,22-/m0/s1. The second kappa shape index (κ2) is 12.3. The fraction of sp³-hybridized carbons (Fsp3) is 0.727. The van der Waals surface area contributed by atoms with Crippen molar-refractivity contribution in [2.45, 2.75) is 89.4 Å². The highest BCUT2D eigenvalue weighted by molar-refractivity contribution is 5.99. The van der Waals surface area contributed by atoms with E-state index < -0.39 is 61.9 Å². The van der Waals surface area contributed by atoms with Gasteiger partial charge < -0.3 is 44.5 Å². The maximum atomic E-state index is 11.8. The molecule has 9 atom stereocenters. The average Bonchev–Trinajstić information content (AvgIpc) is 2.72. The smallest absolute Gasteiger partial charge is 0.186 e. The van der Waals surface area contributed by atoms with Gasteiger partial charge in [-0.1, -0.05) is 11.1 Å². The third-order valence-corrected chi connectivity index (χ3v) is 5.21. The highest BCUT2D eigenvalue weighted by Crippen LogP contribution is 2.28. The molecule has 0 aromatic rings. The minimum absolute atomic E-state index is 0.118. The third-order valence-electron chi connectivity index (χ3n) is 5.21. The quantitative estimate of drug-likeness (QED) is 0.281. The number of aliphatic hydroxyl groups excluding tert-OH is 5. The van der Waals surface area contributed by atoms with Crippen LogP contribution in [0.2, 0.25) is 0 Å². The number of carbonyl (C=O) groups excluding carboxylic acids is 1. The van der Waals surface area contributed by atoms with Crippen molar-refractivity contribution in [2.24, 2.45) is 0 Å². The summed E-state index contributed by atoms with van der Waals surface area (Å²) in [6.07, 6.45) is -5.87. The maximum Gasteiger partial charge on any atom is 0.186 e. The Morgan fingerprint density at radius 3 is 2.28 bits per heavy atom. The molecule has 0 aromatic heterocycles. The first-order valence-corrected chi connectivity index (χ1v) is 10.7. The van der Waals surface area contributed by atoms with E-state index in [1.54, 1.807) is 6.92 Å². The molecule has 0 aliphatic carbocycles. The van der Waals surface area contributed by atoms with Crippen LogP contribution in [-0.2, 0) is 23.7 Å². The van der Waals surface area contributed by atoms with Gasteiger partial charge in [-0.05, 0) is 46.3 Å². The molecule has 2 aliphatic heterocycles. The van der Waals surface area contributed by atoms with Crippen molar-refractivity contribution >= 4 is 5.78 Å². The van der Waals surface area contributed by atoms with Crippen molar-refractivity contribution < 1.29 is 49.3 Å². The van der Waals surface area contributed by atoms with Crippen LogP contribution < -0.4 is 0 Å². The lowest BCUT2D eigenvalue weighted by Crippen LogP contribution is -2.60. The SMILES string of the molecule is CC(C)=CC(=O)/C=C(\C)CCO[C@@H]1O[C@@H](CO)[CH][C@@H](O[C@@H]2O[C@@H](C)[C@H](O)[C@@H](O)[C@H]2O)[C@H]1O. The second-order valence-corrected chi connectivity index (χ2v) is 8.43. The molecule has 1 radical (unpaired) electrons. The number of hydrogen-bond acceptors (Lipinski definition) is 10. The van der Waals surface area contributed by atoms with Gasteiger partial charge in [0.1, 0.15) is 24.4 Å². The van der Waals surface area contributed by atoms with Crippen LogP contribution in [-0.4, -0.2) is 99.8 Å². The van der Waals surface area contributed by atoms with E-state index in [2.05, 4.69) is 0 Å². The Labute approximate surface area is 188 Å². The zero-order valence-corrected chi connectivity index (χ0v) is 18.8. The molecule has 5 N–H and O–H groups in total.